The van der Waals surface area contributed by atoms with Gasteiger partial charge >= 0.3 is 0 Å². The van der Waals surface area contributed by atoms with Crippen molar-refractivity contribution in [1.29, 1.82) is 0 Å². The van der Waals surface area contributed by atoms with Gasteiger partial charge in [0.2, 0.25) is 5.75 Å². The molecule has 0 bridgehead atoms. The molecule has 30 heavy (non-hydrogen) atoms. The van der Waals surface area contributed by atoms with Crippen LogP contribution in [0.5, 0.6) is 17.2 Å². The second-order valence-electron chi connectivity index (χ2n) is 6.64. The first-order chi connectivity index (χ1) is 14.5. The van der Waals surface area contributed by atoms with E-state index in [0.717, 1.165) is 5.82 Å². The van der Waals surface area contributed by atoms with Crippen LogP contribution in [-0.4, -0.2) is 32.2 Å². The molecular weight excluding hydrogens is 382 g/mol. The Labute approximate surface area is 176 Å². The van der Waals surface area contributed by atoms with Gasteiger partial charge in [0.15, 0.2) is 11.5 Å². The van der Waals surface area contributed by atoms with Gasteiger partial charge in [-0.15, -0.1) is 0 Å². The van der Waals surface area contributed by atoms with Crippen molar-refractivity contribution in [3.8, 4) is 17.2 Å². The number of aromatic nitrogens is 1. The minimum Gasteiger partial charge on any atom is -0.493 e. The van der Waals surface area contributed by atoms with E-state index in [9.17, 15) is 4.79 Å². The van der Waals surface area contributed by atoms with Crippen LogP contribution in [0.1, 0.15) is 21.5 Å². The largest absolute Gasteiger partial charge is 0.493 e. The lowest BCUT2D eigenvalue weighted by molar-refractivity contribution is 0.102. The van der Waals surface area contributed by atoms with E-state index in [4.69, 9.17) is 14.2 Å². The maximum atomic E-state index is 12.7. The molecule has 7 heteroatoms. The monoisotopic (exact) mass is 407 g/mol. The molecule has 0 atom stereocenters. The zero-order valence-corrected chi connectivity index (χ0v) is 17.5. The van der Waals surface area contributed by atoms with Crippen molar-refractivity contribution < 1.29 is 19.0 Å². The molecule has 0 aliphatic carbocycles. The third-order valence-electron chi connectivity index (χ3n) is 4.54. The van der Waals surface area contributed by atoms with Crippen molar-refractivity contribution in [2.75, 3.05) is 32.0 Å². The minimum atomic E-state index is -0.309. The average Bonchev–Trinajstić information content (AvgIpc) is 2.78. The summed E-state index contributed by atoms with van der Waals surface area (Å²) in [5, 5.41) is 6.09. The summed E-state index contributed by atoms with van der Waals surface area (Å²) >= 11 is 0. The predicted octanol–water partition coefficient (Wildman–Crippen LogP) is 4.28. The number of methoxy groups -OCH3 is 3. The normalized spacial score (nSPS) is 10.3. The van der Waals surface area contributed by atoms with Crippen LogP contribution >= 0.6 is 0 Å². The molecule has 0 fully saturated rings. The van der Waals surface area contributed by atoms with E-state index in [1.165, 1.54) is 32.5 Å². The molecule has 0 radical (unpaired) electrons. The molecule has 1 aromatic heterocycles. The third-order valence-corrected chi connectivity index (χ3v) is 4.54. The van der Waals surface area contributed by atoms with Gasteiger partial charge in [-0.1, -0.05) is 29.8 Å². The standard InChI is InChI=1S/C23H25N3O4/c1-15-5-7-16(8-6-15)13-24-21-10-9-18(14-25-21)26-23(27)17-11-19(28-2)22(30-4)20(12-17)29-3/h5-12,14H,13H2,1-4H3,(H,24,25)(H,26,27). The van der Waals surface area contributed by atoms with Crippen molar-refractivity contribution in [3.05, 3.63) is 71.4 Å². The maximum Gasteiger partial charge on any atom is 0.255 e. The van der Waals surface area contributed by atoms with Gasteiger partial charge in [0.1, 0.15) is 5.82 Å². The average molecular weight is 407 g/mol. The first kappa shape index (κ1) is 21.0. The molecule has 1 amide bonds. The quantitative estimate of drug-likeness (QED) is 0.580. The second-order valence-corrected chi connectivity index (χ2v) is 6.64. The molecule has 0 aliphatic rings. The predicted molar refractivity (Wildman–Crippen MR) is 117 cm³/mol. The summed E-state index contributed by atoms with van der Waals surface area (Å²) < 4.78 is 15.9. The number of carbonyl (C=O) groups excluding carboxylic acids is 1. The minimum absolute atomic E-state index is 0.309. The Kier molecular flexibility index (Phi) is 6.75. The summed E-state index contributed by atoms with van der Waals surface area (Å²) in [7, 11) is 4.52. The molecule has 2 N–H and O–H groups in total. The van der Waals surface area contributed by atoms with Crippen molar-refractivity contribution in [1.82, 2.24) is 4.98 Å². The second kappa shape index (κ2) is 9.65. The van der Waals surface area contributed by atoms with Gasteiger partial charge in [-0.2, -0.15) is 0 Å². The van der Waals surface area contributed by atoms with Gasteiger partial charge in [0, 0.05) is 12.1 Å². The van der Waals surface area contributed by atoms with Crippen LogP contribution in [0.25, 0.3) is 0 Å². The number of hydrogen-bond donors (Lipinski definition) is 2. The van der Waals surface area contributed by atoms with Gasteiger partial charge in [-0.05, 0) is 36.8 Å². The SMILES string of the molecule is COc1cc(C(=O)Nc2ccc(NCc3ccc(C)cc3)nc2)cc(OC)c1OC. The summed E-state index contributed by atoms with van der Waals surface area (Å²) in [4.78, 5) is 17.0. The van der Waals surface area contributed by atoms with E-state index < -0.39 is 0 Å². The highest BCUT2D eigenvalue weighted by molar-refractivity contribution is 6.05. The number of nitrogens with one attached hydrogen (secondary N) is 2. The van der Waals surface area contributed by atoms with Crippen LogP contribution in [-0.2, 0) is 6.54 Å². The molecule has 1 heterocycles. The number of benzene rings is 2. The first-order valence-corrected chi connectivity index (χ1v) is 9.41. The van der Waals surface area contributed by atoms with Crippen LogP contribution in [0.4, 0.5) is 11.5 Å². The molecular formula is C23H25N3O4. The van der Waals surface area contributed by atoms with Crippen LogP contribution in [0, 0.1) is 6.92 Å². The number of aryl methyl sites for hydroxylation is 1. The number of ether oxygens (including phenoxy) is 3. The van der Waals surface area contributed by atoms with Gasteiger partial charge in [-0.25, -0.2) is 4.98 Å². The topological polar surface area (TPSA) is 81.7 Å². The zero-order chi connectivity index (χ0) is 21.5. The van der Waals surface area contributed by atoms with Crippen molar-refractivity contribution in [2.24, 2.45) is 0 Å². The lowest BCUT2D eigenvalue weighted by atomic mass is 10.1. The van der Waals surface area contributed by atoms with Crippen LogP contribution in [0.3, 0.4) is 0 Å². The Bertz CT molecular complexity index is 977. The molecule has 7 nitrogen and oxygen atoms in total. The van der Waals surface area contributed by atoms with Crippen LogP contribution < -0.4 is 24.8 Å². The van der Waals surface area contributed by atoms with Gasteiger partial charge in [0.25, 0.3) is 5.91 Å². The van der Waals surface area contributed by atoms with Gasteiger partial charge in [-0.3, -0.25) is 4.79 Å². The van der Waals surface area contributed by atoms with E-state index in [1.807, 2.05) is 6.07 Å². The lowest BCUT2D eigenvalue weighted by Crippen LogP contribution is -2.13. The Morgan fingerprint density at radius 1 is 0.933 bits per heavy atom. The molecule has 3 aromatic rings. The first-order valence-electron chi connectivity index (χ1n) is 9.41. The fourth-order valence-electron chi connectivity index (χ4n) is 2.89. The van der Waals surface area contributed by atoms with Crippen molar-refractivity contribution in [3.63, 3.8) is 0 Å². The van der Waals surface area contributed by atoms with Gasteiger partial charge < -0.3 is 24.8 Å². The number of hydrogen-bond acceptors (Lipinski definition) is 6. The highest BCUT2D eigenvalue weighted by Crippen LogP contribution is 2.38. The smallest absolute Gasteiger partial charge is 0.255 e. The number of rotatable bonds is 8. The number of pyridine rings is 1. The highest BCUT2D eigenvalue weighted by Gasteiger charge is 2.17. The third kappa shape index (κ3) is 5.00. The van der Waals surface area contributed by atoms with E-state index in [0.29, 0.717) is 35.0 Å². The summed E-state index contributed by atoms with van der Waals surface area (Å²) in [6, 6.07) is 15.1. The highest BCUT2D eigenvalue weighted by atomic mass is 16.5. The number of anilines is 2. The van der Waals surface area contributed by atoms with E-state index in [-0.39, 0.29) is 5.91 Å². The zero-order valence-electron chi connectivity index (χ0n) is 17.5. The molecule has 0 saturated carbocycles. The molecule has 0 unspecified atom stereocenters. The fourth-order valence-corrected chi connectivity index (χ4v) is 2.89. The van der Waals surface area contributed by atoms with Crippen LogP contribution in [0.15, 0.2) is 54.7 Å². The van der Waals surface area contributed by atoms with E-state index in [2.05, 4.69) is 46.8 Å². The molecule has 0 aliphatic heterocycles. The molecule has 156 valence electrons. The summed E-state index contributed by atoms with van der Waals surface area (Å²) in [5.74, 6) is 1.67. The Balaban J connectivity index is 1.66. The van der Waals surface area contributed by atoms with Gasteiger partial charge in [0.05, 0.1) is 33.2 Å². The Hall–Kier alpha value is -3.74. The maximum absolute atomic E-state index is 12.7. The summed E-state index contributed by atoms with van der Waals surface area (Å²) in [6.07, 6.45) is 1.60. The summed E-state index contributed by atoms with van der Waals surface area (Å²) in [5.41, 5.74) is 3.35. The number of amides is 1. The van der Waals surface area contributed by atoms with Crippen molar-refractivity contribution >= 4 is 17.4 Å². The molecule has 3 rings (SSSR count). The summed E-state index contributed by atoms with van der Waals surface area (Å²) in [6.45, 7) is 2.73. The van der Waals surface area contributed by atoms with Crippen molar-refractivity contribution in [2.45, 2.75) is 13.5 Å². The van der Waals surface area contributed by atoms with Crippen LogP contribution in [0.2, 0.25) is 0 Å². The Morgan fingerprint density at radius 2 is 1.60 bits per heavy atom. The molecule has 0 saturated heterocycles. The van der Waals surface area contributed by atoms with E-state index in [1.54, 1.807) is 24.4 Å². The lowest BCUT2D eigenvalue weighted by Gasteiger charge is -2.14. The number of carbonyl (C=O) groups is 1. The Morgan fingerprint density at radius 3 is 2.13 bits per heavy atom. The number of nitrogens with zero attached hydrogens (tertiary/aromatic N) is 1. The van der Waals surface area contributed by atoms with E-state index >= 15 is 0 Å². The molecule has 2 aromatic carbocycles. The molecule has 0 spiro atoms. The fraction of sp³-hybridized carbons (Fsp3) is 0.217.